The van der Waals surface area contributed by atoms with Gasteiger partial charge in [0.1, 0.15) is 0 Å². The maximum Gasteiger partial charge on any atom is 0.220 e. The van der Waals surface area contributed by atoms with Crippen LogP contribution in [0.2, 0.25) is 0 Å². The Bertz CT molecular complexity index is 522. The molecule has 0 aliphatic heterocycles. The van der Waals surface area contributed by atoms with Crippen LogP contribution in [0.15, 0.2) is 34.7 Å². The number of nitrogens with zero attached hydrogens (tertiary/aromatic N) is 2. The van der Waals surface area contributed by atoms with Gasteiger partial charge >= 0.3 is 0 Å². The van der Waals surface area contributed by atoms with Crippen LogP contribution < -0.4 is 5.32 Å². The third-order valence-corrected chi connectivity index (χ3v) is 2.71. The maximum absolute atomic E-state index is 11.6. The fraction of sp³-hybridized carbons (Fsp3) is 0.357. The van der Waals surface area contributed by atoms with Crippen molar-refractivity contribution in [2.75, 3.05) is 6.54 Å². The number of aromatic nitrogens is 2. The van der Waals surface area contributed by atoms with E-state index in [0.29, 0.717) is 31.2 Å². The van der Waals surface area contributed by atoms with Crippen molar-refractivity contribution in [1.29, 1.82) is 0 Å². The summed E-state index contributed by atoms with van der Waals surface area (Å²) < 4.78 is 5.22. The largest absolute Gasteiger partial charge is 0.426 e. The summed E-state index contributed by atoms with van der Waals surface area (Å²) in [5, 5.41) is 10.4. The topological polar surface area (TPSA) is 68.0 Å². The Kier molecular flexibility index (Phi) is 4.66. The van der Waals surface area contributed by atoms with E-state index in [-0.39, 0.29) is 5.91 Å². The first kappa shape index (κ1) is 13.3. The number of amides is 1. The Balaban J connectivity index is 1.65. The molecule has 100 valence electrons. The van der Waals surface area contributed by atoms with E-state index in [4.69, 9.17) is 4.42 Å². The van der Waals surface area contributed by atoms with Crippen molar-refractivity contribution < 1.29 is 9.21 Å². The summed E-state index contributed by atoms with van der Waals surface area (Å²) in [6.07, 6.45) is 1.82. The lowest BCUT2D eigenvalue weighted by molar-refractivity contribution is -0.121. The summed E-state index contributed by atoms with van der Waals surface area (Å²) in [6, 6.07) is 9.97. The molecule has 1 aromatic heterocycles. The highest BCUT2D eigenvalue weighted by Crippen LogP contribution is 2.02. The Morgan fingerprint density at radius 3 is 2.68 bits per heavy atom. The number of hydrogen-bond acceptors (Lipinski definition) is 4. The minimum Gasteiger partial charge on any atom is -0.426 e. The molecular weight excluding hydrogens is 242 g/mol. The molecule has 0 atom stereocenters. The summed E-state index contributed by atoms with van der Waals surface area (Å²) >= 11 is 0. The van der Waals surface area contributed by atoms with Crippen molar-refractivity contribution in [3.05, 3.63) is 47.7 Å². The van der Waals surface area contributed by atoms with Gasteiger partial charge < -0.3 is 9.73 Å². The molecule has 1 N–H and O–H groups in total. The molecule has 19 heavy (non-hydrogen) atoms. The van der Waals surface area contributed by atoms with E-state index in [1.54, 1.807) is 6.92 Å². The van der Waals surface area contributed by atoms with E-state index in [0.717, 1.165) is 6.42 Å². The van der Waals surface area contributed by atoms with Crippen LogP contribution in [0.4, 0.5) is 0 Å². The molecule has 0 unspecified atom stereocenters. The Labute approximate surface area is 112 Å². The van der Waals surface area contributed by atoms with Crippen molar-refractivity contribution in [1.82, 2.24) is 15.5 Å². The van der Waals surface area contributed by atoms with E-state index in [2.05, 4.69) is 15.5 Å². The molecule has 2 aromatic rings. The van der Waals surface area contributed by atoms with Gasteiger partial charge in [0.25, 0.3) is 0 Å². The Hall–Kier alpha value is -2.17. The second-order valence-corrected chi connectivity index (χ2v) is 4.30. The summed E-state index contributed by atoms with van der Waals surface area (Å²) in [5.74, 6) is 1.14. The van der Waals surface area contributed by atoms with Crippen LogP contribution in [0.3, 0.4) is 0 Å². The highest BCUT2D eigenvalue weighted by atomic mass is 16.4. The van der Waals surface area contributed by atoms with E-state index in [1.165, 1.54) is 5.56 Å². The smallest absolute Gasteiger partial charge is 0.220 e. The van der Waals surface area contributed by atoms with Crippen LogP contribution in [0, 0.1) is 6.92 Å². The molecule has 0 aliphatic carbocycles. The molecule has 0 aliphatic rings. The van der Waals surface area contributed by atoms with Gasteiger partial charge in [0.2, 0.25) is 17.7 Å². The van der Waals surface area contributed by atoms with Crippen LogP contribution in [-0.4, -0.2) is 22.6 Å². The zero-order valence-corrected chi connectivity index (χ0v) is 10.9. The van der Waals surface area contributed by atoms with Gasteiger partial charge in [-0.1, -0.05) is 30.3 Å². The first-order chi connectivity index (χ1) is 9.24. The predicted molar refractivity (Wildman–Crippen MR) is 70.5 cm³/mol. The van der Waals surface area contributed by atoms with Gasteiger partial charge in [-0.3, -0.25) is 4.79 Å². The summed E-state index contributed by atoms with van der Waals surface area (Å²) in [7, 11) is 0. The number of carbonyl (C=O) groups is 1. The van der Waals surface area contributed by atoms with Crippen LogP contribution in [-0.2, 0) is 17.6 Å². The van der Waals surface area contributed by atoms with Crippen molar-refractivity contribution >= 4 is 5.91 Å². The number of benzene rings is 1. The molecule has 0 fully saturated rings. The molecule has 0 bridgehead atoms. The van der Waals surface area contributed by atoms with Gasteiger partial charge in [0, 0.05) is 26.3 Å². The standard InChI is InChI=1S/C14H17N3O2/c1-11-16-17-14(19-11)9-10-15-13(18)8-7-12-5-3-2-4-6-12/h2-6H,7-10H2,1H3,(H,15,18). The van der Waals surface area contributed by atoms with Crippen molar-refractivity contribution in [3.63, 3.8) is 0 Å². The predicted octanol–water partition coefficient (Wildman–Crippen LogP) is 1.67. The monoisotopic (exact) mass is 259 g/mol. The lowest BCUT2D eigenvalue weighted by Gasteiger charge is -2.03. The fourth-order valence-corrected chi connectivity index (χ4v) is 1.74. The van der Waals surface area contributed by atoms with Gasteiger partial charge in [0.05, 0.1) is 0 Å². The minimum atomic E-state index is 0.0418. The molecular formula is C14H17N3O2. The summed E-state index contributed by atoms with van der Waals surface area (Å²) in [4.78, 5) is 11.6. The normalized spacial score (nSPS) is 10.4. The highest BCUT2D eigenvalue weighted by molar-refractivity contribution is 5.76. The van der Waals surface area contributed by atoms with Gasteiger partial charge in [-0.05, 0) is 12.0 Å². The van der Waals surface area contributed by atoms with Gasteiger partial charge in [-0.25, -0.2) is 0 Å². The SMILES string of the molecule is Cc1nnc(CCNC(=O)CCc2ccccc2)o1. The Morgan fingerprint density at radius 1 is 1.21 bits per heavy atom. The third-order valence-electron chi connectivity index (χ3n) is 2.71. The number of rotatable bonds is 6. The second kappa shape index (κ2) is 6.68. The Morgan fingerprint density at radius 2 is 2.00 bits per heavy atom. The van der Waals surface area contributed by atoms with Gasteiger partial charge in [-0.15, -0.1) is 10.2 Å². The minimum absolute atomic E-state index is 0.0418. The van der Waals surface area contributed by atoms with Gasteiger partial charge in [-0.2, -0.15) is 0 Å². The van der Waals surface area contributed by atoms with Crippen LogP contribution >= 0.6 is 0 Å². The van der Waals surface area contributed by atoms with E-state index in [9.17, 15) is 4.79 Å². The molecule has 0 spiro atoms. The van der Waals surface area contributed by atoms with Crippen molar-refractivity contribution in [2.45, 2.75) is 26.2 Å². The summed E-state index contributed by atoms with van der Waals surface area (Å²) in [6.45, 7) is 2.27. The molecule has 2 rings (SSSR count). The first-order valence-corrected chi connectivity index (χ1v) is 6.33. The highest BCUT2D eigenvalue weighted by Gasteiger charge is 2.04. The lowest BCUT2D eigenvalue weighted by Crippen LogP contribution is -2.25. The summed E-state index contributed by atoms with van der Waals surface area (Å²) in [5.41, 5.74) is 1.17. The molecule has 5 nitrogen and oxygen atoms in total. The second-order valence-electron chi connectivity index (χ2n) is 4.30. The average Bonchev–Trinajstić information content (AvgIpc) is 2.83. The van der Waals surface area contributed by atoms with E-state index < -0.39 is 0 Å². The van der Waals surface area contributed by atoms with Gasteiger partial charge in [0.15, 0.2) is 0 Å². The molecule has 1 aromatic carbocycles. The first-order valence-electron chi connectivity index (χ1n) is 6.33. The average molecular weight is 259 g/mol. The fourth-order valence-electron chi connectivity index (χ4n) is 1.74. The molecule has 1 heterocycles. The third kappa shape index (κ3) is 4.54. The number of carbonyl (C=O) groups excluding carboxylic acids is 1. The zero-order valence-electron chi connectivity index (χ0n) is 10.9. The quantitative estimate of drug-likeness (QED) is 0.856. The number of aryl methyl sites for hydroxylation is 2. The number of nitrogens with one attached hydrogen (secondary N) is 1. The number of hydrogen-bond donors (Lipinski definition) is 1. The van der Waals surface area contributed by atoms with Crippen LogP contribution in [0.1, 0.15) is 23.8 Å². The molecule has 1 amide bonds. The zero-order chi connectivity index (χ0) is 13.5. The van der Waals surface area contributed by atoms with E-state index >= 15 is 0 Å². The van der Waals surface area contributed by atoms with Crippen LogP contribution in [0.25, 0.3) is 0 Å². The molecule has 0 saturated heterocycles. The molecule has 0 saturated carbocycles. The van der Waals surface area contributed by atoms with Crippen molar-refractivity contribution in [3.8, 4) is 0 Å². The van der Waals surface area contributed by atoms with Crippen LogP contribution in [0.5, 0.6) is 0 Å². The van der Waals surface area contributed by atoms with Crippen molar-refractivity contribution in [2.24, 2.45) is 0 Å². The van der Waals surface area contributed by atoms with E-state index in [1.807, 2.05) is 30.3 Å². The molecule has 5 heteroatoms. The molecule has 0 radical (unpaired) electrons. The lowest BCUT2D eigenvalue weighted by atomic mass is 10.1. The maximum atomic E-state index is 11.6.